The van der Waals surface area contributed by atoms with Crippen LogP contribution in [0.5, 0.6) is 5.75 Å². The van der Waals surface area contributed by atoms with E-state index >= 15 is 0 Å². The van der Waals surface area contributed by atoms with Gasteiger partial charge in [0.1, 0.15) is 0 Å². The molecule has 144 valence electrons. The van der Waals surface area contributed by atoms with Gasteiger partial charge in [0.25, 0.3) is 5.69 Å². The first-order valence-electron chi connectivity index (χ1n) is 8.81. The van der Waals surface area contributed by atoms with Gasteiger partial charge in [0.2, 0.25) is 4.77 Å². The SMILES string of the molecule is O=[N+]([O-])c1cc(Cl)cc(/C=N\n2c(CCC3CCCCC3)n[nH]c2=S)c1[O-]. The summed E-state index contributed by atoms with van der Waals surface area (Å²) in [7, 11) is 0. The van der Waals surface area contributed by atoms with Crippen LogP contribution in [0.25, 0.3) is 0 Å². The van der Waals surface area contributed by atoms with Gasteiger partial charge in [0, 0.05) is 17.5 Å². The largest absolute Gasteiger partial charge is 0.867 e. The second kappa shape index (κ2) is 8.62. The number of nitrogens with zero attached hydrogens (tertiary/aromatic N) is 4. The summed E-state index contributed by atoms with van der Waals surface area (Å²) >= 11 is 11.1. The molecule has 1 N–H and O–H groups in total. The van der Waals surface area contributed by atoms with Crippen molar-refractivity contribution in [2.45, 2.75) is 44.9 Å². The van der Waals surface area contributed by atoms with Gasteiger partial charge in [-0.15, -0.1) is 0 Å². The Labute approximate surface area is 166 Å². The van der Waals surface area contributed by atoms with Gasteiger partial charge < -0.3 is 5.11 Å². The molecule has 0 unspecified atom stereocenters. The molecule has 0 spiro atoms. The Hall–Kier alpha value is -2.26. The Morgan fingerprint density at radius 2 is 2.15 bits per heavy atom. The zero-order valence-corrected chi connectivity index (χ0v) is 16.1. The van der Waals surface area contributed by atoms with Gasteiger partial charge in [-0.05, 0) is 41.9 Å². The lowest BCUT2D eigenvalue weighted by molar-refractivity contribution is -0.398. The third-order valence-corrected chi connectivity index (χ3v) is 5.27. The number of nitro groups is 1. The summed E-state index contributed by atoms with van der Waals surface area (Å²) < 4.78 is 1.75. The van der Waals surface area contributed by atoms with E-state index in [0.717, 1.165) is 18.9 Å². The summed E-state index contributed by atoms with van der Waals surface area (Å²) in [4.78, 5) is 10.2. The number of hydrogen-bond acceptors (Lipinski definition) is 6. The minimum atomic E-state index is -0.759. The Morgan fingerprint density at radius 1 is 1.41 bits per heavy atom. The quantitative estimate of drug-likeness (QED) is 0.336. The third-order valence-electron chi connectivity index (χ3n) is 4.79. The topological polar surface area (TPSA) is 112 Å². The maximum Gasteiger partial charge on any atom is 0.263 e. The Kier molecular flexibility index (Phi) is 6.22. The zero-order chi connectivity index (χ0) is 19.4. The minimum absolute atomic E-state index is 0.0236. The highest BCUT2D eigenvalue weighted by molar-refractivity contribution is 7.71. The number of nitrogens with one attached hydrogen (secondary N) is 1. The molecule has 27 heavy (non-hydrogen) atoms. The molecule has 1 fully saturated rings. The van der Waals surface area contributed by atoms with Crippen molar-refractivity contribution >= 4 is 35.7 Å². The maximum absolute atomic E-state index is 12.2. The first-order valence-corrected chi connectivity index (χ1v) is 9.60. The summed E-state index contributed by atoms with van der Waals surface area (Å²) in [6.07, 6.45) is 9.28. The average Bonchev–Trinajstić information content (AvgIpc) is 3.00. The fourth-order valence-electron chi connectivity index (χ4n) is 3.37. The second-order valence-corrected chi connectivity index (χ2v) is 7.47. The molecule has 10 heteroatoms. The van der Waals surface area contributed by atoms with Crippen LogP contribution in [-0.4, -0.2) is 26.0 Å². The number of aryl methyl sites for hydroxylation is 1. The second-order valence-electron chi connectivity index (χ2n) is 6.64. The van der Waals surface area contributed by atoms with Crippen molar-refractivity contribution in [3.05, 3.63) is 43.4 Å². The molecule has 0 atom stereocenters. The average molecular weight is 409 g/mol. The predicted octanol–water partition coefficient (Wildman–Crippen LogP) is 3.97. The smallest absolute Gasteiger partial charge is 0.263 e. The highest BCUT2D eigenvalue weighted by Crippen LogP contribution is 2.30. The molecule has 0 amide bonds. The van der Waals surface area contributed by atoms with Crippen LogP contribution < -0.4 is 5.11 Å². The third kappa shape index (κ3) is 4.72. The molecule has 3 rings (SSSR count). The predicted molar refractivity (Wildman–Crippen MR) is 103 cm³/mol. The zero-order valence-electron chi connectivity index (χ0n) is 14.6. The Balaban J connectivity index is 1.80. The molecule has 1 aromatic heterocycles. The van der Waals surface area contributed by atoms with Gasteiger partial charge in [-0.3, -0.25) is 15.2 Å². The van der Waals surface area contributed by atoms with Gasteiger partial charge in [-0.1, -0.05) is 43.7 Å². The molecular weight excluding hydrogens is 390 g/mol. The Bertz CT molecular complexity index is 918. The number of halogens is 1. The summed E-state index contributed by atoms with van der Waals surface area (Å²) in [6.45, 7) is 0. The van der Waals surface area contributed by atoms with E-state index in [9.17, 15) is 15.2 Å². The van der Waals surface area contributed by atoms with Crippen molar-refractivity contribution in [3.8, 4) is 5.75 Å². The lowest BCUT2D eigenvalue weighted by Gasteiger charge is -2.20. The number of aromatic nitrogens is 3. The molecule has 0 aliphatic heterocycles. The van der Waals surface area contributed by atoms with Crippen LogP contribution in [-0.2, 0) is 6.42 Å². The first-order chi connectivity index (χ1) is 13.0. The number of nitro benzene ring substituents is 1. The van der Waals surface area contributed by atoms with E-state index in [1.54, 1.807) is 0 Å². The van der Waals surface area contributed by atoms with Crippen LogP contribution in [0.1, 0.15) is 49.9 Å². The minimum Gasteiger partial charge on any atom is -0.867 e. The number of benzene rings is 1. The first kappa shape index (κ1) is 19.5. The van der Waals surface area contributed by atoms with Gasteiger partial charge in [0.15, 0.2) is 5.82 Å². The molecule has 1 saturated carbocycles. The van der Waals surface area contributed by atoms with Crippen LogP contribution in [0, 0.1) is 20.8 Å². The van der Waals surface area contributed by atoms with Gasteiger partial charge in [-0.25, -0.2) is 0 Å². The normalized spacial score (nSPS) is 15.4. The molecule has 1 heterocycles. The highest BCUT2D eigenvalue weighted by Gasteiger charge is 2.15. The van der Waals surface area contributed by atoms with E-state index < -0.39 is 16.4 Å². The fourth-order valence-corrected chi connectivity index (χ4v) is 3.78. The van der Waals surface area contributed by atoms with Crippen molar-refractivity contribution in [2.75, 3.05) is 0 Å². The summed E-state index contributed by atoms with van der Waals surface area (Å²) in [5.41, 5.74) is -0.562. The van der Waals surface area contributed by atoms with Crippen molar-refractivity contribution in [1.29, 1.82) is 0 Å². The Morgan fingerprint density at radius 3 is 2.85 bits per heavy atom. The molecule has 2 aromatic rings. The summed E-state index contributed by atoms with van der Waals surface area (Å²) in [6, 6.07) is 2.37. The molecular formula is C17H19ClN5O3S-. The van der Waals surface area contributed by atoms with Crippen LogP contribution in [0.3, 0.4) is 0 Å². The number of rotatable bonds is 6. The van der Waals surface area contributed by atoms with Crippen molar-refractivity contribution < 1.29 is 10.0 Å². The number of hydrogen-bond donors (Lipinski definition) is 1. The fraction of sp³-hybridized carbons (Fsp3) is 0.471. The summed E-state index contributed by atoms with van der Waals surface area (Å²) in [5.74, 6) is 0.614. The molecule has 1 aliphatic rings. The van der Waals surface area contributed by atoms with E-state index in [-0.39, 0.29) is 10.6 Å². The van der Waals surface area contributed by atoms with E-state index in [1.165, 1.54) is 49.1 Å². The van der Waals surface area contributed by atoms with E-state index in [1.807, 2.05) is 0 Å². The lowest BCUT2D eigenvalue weighted by Crippen LogP contribution is -2.09. The standard InChI is InChI=1S/C17H20ClN5O3S/c18-13-8-12(16(24)14(9-13)23(25)26)10-19-22-15(20-21-17(22)27)7-6-11-4-2-1-3-5-11/h8-11,24H,1-7H2,(H,21,27)/p-1/b19-10-. The molecule has 1 aliphatic carbocycles. The highest BCUT2D eigenvalue weighted by atomic mass is 35.5. The van der Waals surface area contributed by atoms with Crippen LogP contribution >= 0.6 is 23.8 Å². The lowest BCUT2D eigenvalue weighted by atomic mass is 9.86. The van der Waals surface area contributed by atoms with E-state index in [4.69, 9.17) is 23.8 Å². The van der Waals surface area contributed by atoms with Gasteiger partial charge >= 0.3 is 0 Å². The summed E-state index contributed by atoms with van der Waals surface area (Å²) in [5, 5.41) is 34.4. The van der Waals surface area contributed by atoms with Crippen molar-refractivity contribution in [1.82, 2.24) is 14.9 Å². The van der Waals surface area contributed by atoms with Gasteiger partial charge in [0.05, 0.1) is 11.1 Å². The van der Waals surface area contributed by atoms with E-state index in [2.05, 4.69) is 15.3 Å². The molecule has 1 aromatic carbocycles. The van der Waals surface area contributed by atoms with E-state index in [0.29, 0.717) is 16.5 Å². The monoisotopic (exact) mass is 408 g/mol. The van der Waals surface area contributed by atoms with Crippen LogP contribution in [0.15, 0.2) is 17.2 Å². The van der Waals surface area contributed by atoms with Crippen LogP contribution in [0.2, 0.25) is 5.02 Å². The maximum atomic E-state index is 12.2. The van der Waals surface area contributed by atoms with Gasteiger partial charge in [-0.2, -0.15) is 14.9 Å². The molecule has 0 radical (unpaired) electrons. The molecule has 0 saturated heterocycles. The molecule has 0 bridgehead atoms. The van der Waals surface area contributed by atoms with Crippen molar-refractivity contribution in [2.24, 2.45) is 11.0 Å². The van der Waals surface area contributed by atoms with Crippen molar-refractivity contribution in [3.63, 3.8) is 0 Å². The number of H-pyrrole nitrogens is 1. The number of aromatic amines is 1. The van der Waals surface area contributed by atoms with Crippen LogP contribution in [0.4, 0.5) is 5.69 Å². The molecule has 8 nitrogen and oxygen atoms in total.